The minimum absolute atomic E-state index is 0.271. The van der Waals surface area contributed by atoms with Crippen LogP contribution in [0, 0.1) is 20.4 Å². The third kappa shape index (κ3) is 3.62. The zero-order chi connectivity index (χ0) is 21.5. The third-order valence-electron chi connectivity index (χ3n) is 5.16. The van der Waals surface area contributed by atoms with Gasteiger partial charge in [-0.25, -0.2) is 4.85 Å². The number of fused-ring (bicyclic) bond motifs is 1. The van der Waals surface area contributed by atoms with Gasteiger partial charge in [0.15, 0.2) is 5.69 Å². The highest BCUT2D eigenvalue weighted by molar-refractivity contribution is 5.99. The van der Waals surface area contributed by atoms with Gasteiger partial charge in [0.05, 0.1) is 12.1 Å². The van der Waals surface area contributed by atoms with Crippen LogP contribution in [0.3, 0.4) is 0 Å². The second-order valence-corrected chi connectivity index (χ2v) is 7.02. The van der Waals surface area contributed by atoms with E-state index in [1.54, 1.807) is 18.2 Å². The summed E-state index contributed by atoms with van der Waals surface area (Å²) in [5, 5.41) is 0.910. The molecule has 0 aliphatic carbocycles. The van der Waals surface area contributed by atoms with Gasteiger partial charge < -0.3 is 9.30 Å². The number of aromatic nitrogens is 1. The first kappa shape index (κ1) is 19.6. The molecule has 3 nitrogen and oxygen atoms in total. The molecule has 0 N–H and O–H groups in total. The monoisotopic (exact) mass is 406 g/mol. The molecule has 30 heavy (non-hydrogen) atoms. The number of hydrogen-bond acceptors (Lipinski definition) is 1. The lowest BCUT2D eigenvalue weighted by Gasteiger charge is -2.10. The molecule has 0 bridgehead atoms. The molecule has 150 valence electrons. The summed E-state index contributed by atoms with van der Waals surface area (Å²) >= 11 is 0. The molecule has 0 spiro atoms. The standard InChI is InChI=1S/C24H17F3N2O/c1-15-5-4-6-20(16(15)2)22-14-29(23-12-7-17(28-3)13-21(22)23)18-8-10-19(11-9-18)30-24(25,26)27/h4-14H,1-2H3. The summed E-state index contributed by atoms with van der Waals surface area (Å²) in [6.45, 7) is 11.4. The number of hydrogen-bond donors (Lipinski definition) is 0. The second kappa shape index (κ2) is 7.27. The fourth-order valence-corrected chi connectivity index (χ4v) is 3.57. The van der Waals surface area contributed by atoms with Gasteiger partial charge in [-0.3, -0.25) is 0 Å². The van der Waals surface area contributed by atoms with E-state index in [-0.39, 0.29) is 5.75 Å². The summed E-state index contributed by atoms with van der Waals surface area (Å²) < 4.78 is 43.2. The number of ether oxygens (including phenoxy) is 1. The van der Waals surface area contributed by atoms with Crippen LogP contribution < -0.4 is 4.74 Å². The summed E-state index contributed by atoms with van der Waals surface area (Å²) in [6, 6.07) is 17.2. The normalized spacial score (nSPS) is 11.5. The molecule has 0 unspecified atom stereocenters. The Morgan fingerprint density at radius 1 is 0.933 bits per heavy atom. The van der Waals surface area contributed by atoms with Crippen molar-refractivity contribution in [2.45, 2.75) is 20.2 Å². The van der Waals surface area contributed by atoms with Crippen LogP contribution in [0.15, 0.2) is 66.9 Å². The maximum absolute atomic E-state index is 12.5. The average Bonchev–Trinajstić information content (AvgIpc) is 3.08. The fourth-order valence-electron chi connectivity index (χ4n) is 3.57. The molecule has 0 fully saturated rings. The molecule has 0 radical (unpaired) electrons. The molecule has 3 aromatic carbocycles. The van der Waals surface area contributed by atoms with E-state index in [1.807, 2.05) is 48.0 Å². The first-order chi connectivity index (χ1) is 14.3. The van der Waals surface area contributed by atoms with Crippen molar-refractivity contribution in [2.75, 3.05) is 0 Å². The Morgan fingerprint density at radius 3 is 2.33 bits per heavy atom. The lowest BCUT2D eigenvalue weighted by Crippen LogP contribution is -2.17. The zero-order valence-corrected chi connectivity index (χ0v) is 16.3. The van der Waals surface area contributed by atoms with Gasteiger partial charge in [-0.1, -0.05) is 24.3 Å². The first-order valence-electron chi connectivity index (χ1n) is 9.22. The van der Waals surface area contributed by atoms with Gasteiger partial charge in [0.25, 0.3) is 0 Å². The molecule has 1 heterocycles. The van der Waals surface area contributed by atoms with E-state index in [9.17, 15) is 13.2 Å². The summed E-state index contributed by atoms with van der Waals surface area (Å²) in [5.74, 6) is -0.271. The maximum atomic E-state index is 12.5. The largest absolute Gasteiger partial charge is 0.573 e. The minimum atomic E-state index is -4.73. The molecule has 0 atom stereocenters. The van der Waals surface area contributed by atoms with Crippen molar-refractivity contribution in [3.8, 4) is 22.6 Å². The highest BCUT2D eigenvalue weighted by Crippen LogP contribution is 2.37. The summed E-state index contributed by atoms with van der Waals surface area (Å²) in [7, 11) is 0. The summed E-state index contributed by atoms with van der Waals surface area (Å²) in [5.41, 5.74) is 6.40. The van der Waals surface area contributed by atoms with Gasteiger partial charge in [0.1, 0.15) is 5.75 Å². The average molecular weight is 406 g/mol. The van der Waals surface area contributed by atoms with Crippen LogP contribution in [-0.4, -0.2) is 10.9 Å². The van der Waals surface area contributed by atoms with Crippen LogP contribution in [0.1, 0.15) is 11.1 Å². The van der Waals surface area contributed by atoms with E-state index in [0.717, 1.165) is 33.2 Å². The van der Waals surface area contributed by atoms with Crippen molar-refractivity contribution < 1.29 is 17.9 Å². The van der Waals surface area contributed by atoms with Crippen LogP contribution in [0.25, 0.3) is 32.6 Å². The predicted molar refractivity (Wildman–Crippen MR) is 111 cm³/mol. The van der Waals surface area contributed by atoms with Gasteiger partial charge >= 0.3 is 6.36 Å². The van der Waals surface area contributed by atoms with Crippen LogP contribution in [0.4, 0.5) is 18.9 Å². The van der Waals surface area contributed by atoms with Crippen LogP contribution in [-0.2, 0) is 0 Å². The number of halogens is 3. The van der Waals surface area contributed by atoms with Gasteiger partial charge in [0, 0.05) is 17.4 Å². The SMILES string of the molecule is [C-]#[N+]c1ccc2c(c1)c(-c1cccc(C)c1C)cn2-c1ccc(OC(F)(F)F)cc1. The lowest BCUT2D eigenvalue weighted by atomic mass is 9.97. The molecule has 4 rings (SSSR count). The summed E-state index contributed by atoms with van der Waals surface area (Å²) in [6.07, 6.45) is -2.77. The van der Waals surface area contributed by atoms with E-state index < -0.39 is 6.36 Å². The molecule has 4 aromatic rings. The minimum Gasteiger partial charge on any atom is -0.406 e. The van der Waals surface area contributed by atoms with E-state index in [4.69, 9.17) is 6.57 Å². The number of alkyl halides is 3. The highest BCUT2D eigenvalue weighted by atomic mass is 19.4. The van der Waals surface area contributed by atoms with Crippen molar-refractivity contribution in [1.29, 1.82) is 0 Å². The van der Waals surface area contributed by atoms with Gasteiger partial charge in [-0.05, 0) is 72.3 Å². The Balaban J connectivity index is 1.89. The van der Waals surface area contributed by atoms with Crippen molar-refractivity contribution in [1.82, 2.24) is 4.57 Å². The predicted octanol–water partition coefficient (Wildman–Crippen LogP) is 7.36. The molecule has 0 amide bonds. The third-order valence-corrected chi connectivity index (χ3v) is 5.16. The Labute approximate surface area is 171 Å². The summed E-state index contributed by atoms with van der Waals surface area (Å²) in [4.78, 5) is 3.54. The molecule has 1 aromatic heterocycles. The van der Waals surface area contributed by atoms with Crippen molar-refractivity contribution in [2.24, 2.45) is 0 Å². The topological polar surface area (TPSA) is 18.5 Å². The van der Waals surface area contributed by atoms with Crippen LogP contribution >= 0.6 is 0 Å². The van der Waals surface area contributed by atoms with Crippen LogP contribution in [0.2, 0.25) is 0 Å². The van der Waals surface area contributed by atoms with Crippen LogP contribution in [0.5, 0.6) is 5.75 Å². The van der Waals surface area contributed by atoms with Crippen molar-refractivity contribution in [3.05, 3.63) is 89.4 Å². The van der Waals surface area contributed by atoms with E-state index in [1.165, 1.54) is 12.1 Å². The molecule has 0 saturated heterocycles. The lowest BCUT2D eigenvalue weighted by molar-refractivity contribution is -0.274. The Bertz CT molecular complexity index is 1280. The van der Waals surface area contributed by atoms with E-state index in [2.05, 4.69) is 16.5 Å². The van der Waals surface area contributed by atoms with Gasteiger partial charge in [0.2, 0.25) is 0 Å². The molecule has 0 saturated carbocycles. The molecular weight excluding hydrogens is 389 g/mol. The second-order valence-electron chi connectivity index (χ2n) is 7.02. The van der Waals surface area contributed by atoms with Gasteiger partial charge in [-0.15, -0.1) is 13.2 Å². The smallest absolute Gasteiger partial charge is 0.406 e. The Morgan fingerprint density at radius 2 is 1.67 bits per heavy atom. The first-order valence-corrected chi connectivity index (χ1v) is 9.22. The van der Waals surface area contributed by atoms with Crippen molar-refractivity contribution >= 4 is 16.6 Å². The van der Waals surface area contributed by atoms with E-state index >= 15 is 0 Å². The Kier molecular flexibility index (Phi) is 4.75. The van der Waals surface area contributed by atoms with Gasteiger partial charge in [-0.2, -0.15) is 0 Å². The molecule has 0 aliphatic heterocycles. The van der Waals surface area contributed by atoms with E-state index in [0.29, 0.717) is 11.4 Å². The number of nitrogens with zero attached hydrogens (tertiary/aromatic N) is 2. The number of rotatable bonds is 3. The maximum Gasteiger partial charge on any atom is 0.573 e. The Hall–Kier alpha value is -3.72. The molecule has 0 aliphatic rings. The molecular formula is C24H17F3N2O. The highest BCUT2D eigenvalue weighted by Gasteiger charge is 2.31. The fraction of sp³-hybridized carbons (Fsp3) is 0.125. The quantitative estimate of drug-likeness (QED) is 0.325. The number of aryl methyl sites for hydroxylation is 1. The van der Waals surface area contributed by atoms with Crippen molar-refractivity contribution in [3.63, 3.8) is 0 Å². The number of benzene rings is 3. The molecule has 6 heteroatoms. The zero-order valence-electron chi connectivity index (χ0n) is 16.3.